The number of carbonyl (C=O) groups excluding carboxylic acids is 1. The van der Waals surface area contributed by atoms with Gasteiger partial charge in [0.2, 0.25) is 0 Å². The molecule has 0 saturated carbocycles. The van der Waals surface area contributed by atoms with Gasteiger partial charge in [0.05, 0.1) is 29.5 Å². The molecule has 0 saturated heterocycles. The number of nitrogens with one attached hydrogen (secondary N) is 1. The number of carbonyl (C=O) groups is 1. The predicted molar refractivity (Wildman–Crippen MR) is 109 cm³/mol. The van der Waals surface area contributed by atoms with E-state index in [1.165, 1.54) is 6.20 Å². The first-order chi connectivity index (χ1) is 14.0. The molecule has 6 nitrogen and oxygen atoms in total. The molecule has 0 aliphatic rings. The van der Waals surface area contributed by atoms with E-state index >= 15 is 0 Å². The van der Waals surface area contributed by atoms with Crippen LogP contribution in [0.25, 0.3) is 0 Å². The van der Waals surface area contributed by atoms with Crippen molar-refractivity contribution in [3.63, 3.8) is 0 Å². The summed E-state index contributed by atoms with van der Waals surface area (Å²) in [5.41, 5.74) is 3.26. The molecule has 0 spiro atoms. The SMILES string of the molecule is CC(O)c1ccc(C(C)Oc2cncc(C(=O)Nc3ccc(C#N)cc3)c2)cc1. The Labute approximate surface area is 169 Å². The third-order valence-electron chi connectivity index (χ3n) is 4.45. The molecule has 1 heterocycles. The molecular weight excluding hydrogens is 366 g/mol. The summed E-state index contributed by atoms with van der Waals surface area (Å²) in [7, 11) is 0. The number of hydrogen-bond donors (Lipinski definition) is 2. The van der Waals surface area contributed by atoms with Crippen LogP contribution in [0, 0.1) is 11.3 Å². The number of rotatable bonds is 6. The fraction of sp³-hybridized carbons (Fsp3) is 0.174. The van der Waals surface area contributed by atoms with Crippen molar-refractivity contribution in [2.75, 3.05) is 5.32 Å². The minimum absolute atomic E-state index is 0.253. The van der Waals surface area contributed by atoms with Gasteiger partial charge in [0.25, 0.3) is 5.91 Å². The topological polar surface area (TPSA) is 95.2 Å². The number of nitrogens with zero attached hydrogens (tertiary/aromatic N) is 2. The second-order valence-corrected chi connectivity index (χ2v) is 6.66. The molecule has 2 aromatic carbocycles. The van der Waals surface area contributed by atoms with Crippen molar-refractivity contribution in [2.45, 2.75) is 26.1 Å². The molecule has 2 unspecified atom stereocenters. The maximum Gasteiger partial charge on any atom is 0.257 e. The molecular formula is C23H21N3O3. The lowest BCUT2D eigenvalue weighted by molar-refractivity contribution is 0.102. The van der Waals surface area contributed by atoms with E-state index in [9.17, 15) is 9.90 Å². The molecule has 2 atom stereocenters. The molecule has 1 amide bonds. The van der Waals surface area contributed by atoms with Crippen molar-refractivity contribution in [3.05, 3.63) is 89.2 Å². The van der Waals surface area contributed by atoms with Crippen LogP contribution in [0.3, 0.4) is 0 Å². The van der Waals surface area contributed by atoms with Gasteiger partial charge in [0.15, 0.2) is 0 Å². The zero-order valence-corrected chi connectivity index (χ0v) is 16.2. The molecule has 0 radical (unpaired) electrons. The average Bonchev–Trinajstić information content (AvgIpc) is 2.74. The van der Waals surface area contributed by atoms with E-state index in [-0.39, 0.29) is 12.0 Å². The van der Waals surface area contributed by atoms with Crippen molar-refractivity contribution in [3.8, 4) is 11.8 Å². The molecule has 0 aliphatic carbocycles. The van der Waals surface area contributed by atoms with Crippen LogP contribution in [0.15, 0.2) is 67.0 Å². The largest absolute Gasteiger partial charge is 0.484 e. The number of aliphatic hydroxyl groups is 1. The maximum absolute atomic E-state index is 12.5. The van der Waals surface area contributed by atoms with Gasteiger partial charge in [0.1, 0.15) is 11.9 Å². The number of hydrogen-bond acceptors (Lipinski definition) is 5. The molecule has 2 N–H and O–H groups in total. The summed E-state index contributed by atoms with van der Waals surface area (Å²) >= 11 is 0. The molecule has 3 aromatic rings. The van der Waals surface area contributed by atoms with Crippen LogP contribution in [0.2, 0.25) is 0 Å². The normalized spacial score (nSPS) is 12.5. The van der Waals surface area contributed by atoms with E-state index in [0.717, 1.165) is 11.1 Å². The van der Waals surface area contributed by atoms with E-state index in [1.807, 2.05) is 37.3 Å². The number of pyridine rings is 1. The summed E-state index contributed by atoms with van der Waals surface area (Å²) in [4.78, 5) is 16.6. The number of amides is 1. The van der Waals surface area contributed by atoms with Crippen molar-refractivity contribution < 1.29 is 14.6 Å². The lowest BCUT2D eigenvalue weighted by Crippen LogP contribution is -2.12. The van der Waals surface area contributed by atoms with Crippen LogP contribution in [0.1, 0.15) is 53.1 Å². The molecule has 6 heteroatoms. The summed E-state index contributed by atoms with van der Waals surface area (Å²) < 4.78 is 5.93. The number of anilines is 1. The van der Waals surface area contributed by atoms with E-state index in [0.29, 0.717) is 22.6 Å². The first-order valence-electron chi connectivity index (χ1n) is 9.17. The monoisotopic (exact) mass is 387 g/mol. The second-order valence-electron chi connectivity index (χ2n) is 6.66. The standard InChI is InChI=1S/C23H21N3O3/c1-15(27)18-5-7-19(8-6-18)16(2)29-22-11-20(13-25-14-22)23(28)26-21-9-3-17(12-24)4-10-21/h3-11,13-16,27H,1-2H3,(H,26,28). The van der Waals surface area contributed by atoms with Gasteiger partial charge in [-0.15, -0.1) is 0 Å². The molecule has 0 bridgehead atoms. The molecule has 0 fully saturated rings. The van der Waals surface area contributed by atoms with Crippen LogP contribution < -0.4 is 10.1 Å². The Bertz CT molecular complexity index is 1020. The van der Waals surface area contributed by atoms with E-state index < -0.39 is 6.10 Å². The predicted octanol–water partition coefficient (Wildman–Crippen LogP) is 4.40. The third-order valence-corrected chi connectivity index (χ3v) is 4.45. The number of nitriles is 1. The summed E-state index contributed by atoms with van der Waals surface area (Å²) in [6.07, 6.45) is 2.25. The quantitative estimate of drug-likeness (QED) is 0.654. The Morgan fingerprint density at radius 2 is 1.72 bits per heavy atom. The number of benzene rings is 2. The second kappa shape index (κ2) is 9.00. The van der Waals surface area contributed by atoms with E-state index in [2.05, 4.69) is 10.3 Å². The number of aromatic nitrogens is 1. The van der Waals surface area contributed by atoms with E-state index in [4.69, 9.17) is 10.00 Å². The fourth-order valence-corrected chi connectivity index (χ4v) is 2.76. The first kappa shape index (κ1) is 20.1. The van der Waals surface area contributed by atoms with Crippen molar-refractivity contribution >= 4 is 11.6 Å². The zero-order valence-electron chi connectivity index (χ0n) is 16.2. The number of aliphatic hydroxyl groups excluding tert-OH is 1. The zero-order chi connectivity index (χ0) is 20.8. The van der Waals surface area contributed by atoms with Crippen molar-refractivity contribution in [2.24, 2.45) is 0 Å². The Morgan fingerprint density at radius 3 is 2.34 bits per heavy atom. The molecule has 0 aliphatic heterocycles. The Kier molecular flexibility index (Phi) is 6.22. The lowest BCUT2D eigenvalue weighted by atomic mass is 10.1. The summed E-state index contributed by atoms with van der Waals surface area (Å²) in [6.45, 7) is 3.62. The molecule has 3 rings (SSSR count). The van der Waals surface area contributed by atoms with Gasteiger partial charge < -0.3 is 15.2 Å². The van der Waals surface area contributed by atoms with Gasteiger partial charge in [-0.25, -0.2) is 0 Å². The van der Waals surface area contributed by atoms with Crippen LogP contribution in [-0.2, 0) is 0 Å². The van der Waals surface area contributed by atoms with Crippen LogP contribution >= 0.6 is 0 Å². The third kappa shape index (κ3) is 5.18. The Balaban J connectivity index is 1.68. The van der Waals surface area contributed by atoms with Crippen LogP contribution in [0.4, 0.5) is 5.69 Å². The van der Waals surface area contributed by atoms with Crippen molar-refractivity contribution in [1.82, 2.24) is 4.98 Å². The average molecular weight is 387 g/mol. The highest BCUT2D eigenvalue weighted by molar-refractivity contribution is 6.04. The molecule has 1 aromatic heterocycles. The fourth-order valence-electron chi connectivity index (χ4n) is 2.76. The summed E-state index contributed by atoms with van der Waals surface area (Å²) in [5.74, 6) is 0.158. The van der Waals surface area contributed by atoms with Crippen LogP contribution in [-0.4, -0.2) is 16.0 Å². The van der Waals surface area contributed by atoms with Gasteiger partial charge in [-0.3, -0.25) is 9.78 Å². The van der Waals surface area contributed by atoms with Gasteiger partial charge >= 0.3 is 0 Å². The maximum atomic E-state index is 12.5. The van der Waals surface area contributed by atoms with Gasteiger partial charge in [-0.05, 0) is 55.3 Å². The smallest absolute Gasteiger partial charge is 0.257 e. The minimum Gasteiger partial charge on any atom is -0.484 e. The number of ether oxygens (including phenoxy) is 1. The molecule has 29 heavy (non-hydrogen) atoms. The highest BCUT2D eigenvalue weighted by atomic mass is 16.5. The van der Waals surface area contributed by atoms with E-state index in [1.54, 1.807) is 43.5 Å². The van der Waals surface area contributed by atoms with Gasteiger partial charge in [0, 0.05) is 11.9 Å². The minimum atomic E-state index is -0.518. The Hall–Kier alpha value is -3.69. The van der Waals surface area contributed by atoms with Gasteiger partial charge in [-0.2, -0.15) is 5.26 Å². The highest BCUT2D eigenvalue weighted by Crippen LogP contribution is 2.23. The summed E-state index contributed by atoms with van der Waals surface area (Å²) in [5, 5.41) is 21.2. The first-order valence-corrected chi connectivity index (χ1v) is 9.17. The highest BCUT2D eigenvalue weighted by Gasteiger charge is 2.12. The van der Waals surface area contributed by atoms with Crippen LogP contribution in [0.5, 0.6) is 5.75 Å². The lowest BCUT2D eigenvalue weighted by Gasteiger charge is -2.16. The Morgan fingerprint density at radius 1 is 1.07 bits per heavy atom. The van der Waals surface area contributed by atoms with Gasteiger partial charge in [-0.1, -0.05) is 24.3 Å². The van der Waals surface area contributed by atoms with Crippen molar-refractivity contribution in [1.29, 1.82) is 5.26 Å². The molecule has 146 valence electrons. The summed E-state index contributed by atoms with van der Waals surface area (Å²) in [6, 6.07) is 17.8.